The van der Waals surface area contributed by atoms with E-state index in [1.807, 2.05) is 5.32 Å². The first-order valence-corrected chi connectivity index (χ1v) is 6.47. The van der Waals surface area contributed by atoms with Gasteiger partial charge in [0.1, 0.15) is 11.4 Å². The average molecular weight is 346 g/mol. The molecule has 0 atom stereocenters. The molecule has 0 saturated heterocycles. The fraction of sp³-hybridized carbons (Fsp3) is 0.333. The molecule has 9 N–H and O–H groups in total. The van der Waals surface area contributed by atoms with E-state index in [0.29, 0.717) is 0 Å². The van der Waals surface area contributed by atoms with Crippen LogP contribution in [0.1, 0.15) is 0 Å². The average Bonchev–Trinajstić information content (AvgIpc) is 2.47. The minimum absolute atomic E-state index is 0.00755. The fourth-order valence-electron chi connectivity index (χ4n) is 1.54. The van der Waals surface area contributed by atoms with Crippen LogP contribution >= 0.6 is 0 Å². The summed E-state index contributed by atoms with van der Waals surface area (Å²) in [7, 11) is 0. The zero-order chi connectivity index (χ0) is 18.7. The second kappa shape index (κ2) is 10.6. The van der Waals surface area contributed by atoms with Gasteiger partial charge >= 0.3 is 12.2 Å². The first-order valence-electron chi connectivity index (χ1n) is 6.47. The lowest BCUT2D eigenvalue weighted by Crippen LogP contribution is -2.40. The Balaban J connectivity index is 0.00000118. The van der Waals surface area contributed by atoms with E-state index in [0.717, 1.165) is 6.08 Å². The van der Waals surface area contributed by atoms with Gasteiger partial charge in [0, 0.05) is 19.2 Å². The molecule has 0 radical (unpaired) electrons. The van der Waals surface area contributed by atoms with E-state index in [1.54, 1.807) is 0 Å². The van der Waals surface area contributed by atoms with Crippen LogP contribution in [0.15, 0.2) is 23.2 Å². The molecule has 0 heterocycles. The molecule has 1 rings (SSSR count). The van der Waals surface area contributed by atoms with Gasteiger partial charge in [0.15, 0.2) is 0 Å². The molecule has 2 amide bonds. The van der Waals surface area contributed by atoms with E-state index in [2.05, 4.69) is 16.4 Å². The molecule has 0 spiro atoms. The van der Waals surface area contributed by atoms with Crippen molar-refractivity contribution in [1.29, 1.82) is 0 Å². The topological polar surface area (TPSA) is 211 Å². The standard InChI is InChI=1S/C11H15N3O6.CH3NO2/c15-3-1-12-6-5-7(17)8(13-2-4-16)9(10(6)18)14-11(19)20;2-1(3)4/h5,12-16H,1-4H2,(H,19,20);2H2,(H,3,4). The summed E-state index contributed by atoms with van der Waals surface area (Å²) in [6.07, 6.45) is -1.82. The summed E-state index contributed by atoms with van der Waals surface area (Å²) >= 11 is 0. The van der Waals surface area contributed by atoms with E-state index in [9.17, 15) is 14.4 Å². The predicted molar refractivity (Wildman–Crippen MR) is 78.7 cm³/mol. The van der Waals surface area contributed by atoms with Gasteiger partial charge in [-0.3, -0.25) is 14.9 Å². The molecule has 12 heteroatoms. The molecule has 0 saturated carbocycles. The quantitative estimate of drug-likeness (QED) is 0.223. The third-order valence-electron chi connectivity index (χ3n) is 2.32. The molecule has 0 aromatic carbocycles. The van der Waals surface area contributed by atoms with Crippen LogP contribution in [-0.2, 0) is 9.59 Å². The van der Waals surface area contributed by atoms with Crippen molar-refractivity contribution in [3.63, 3.8) is 0 Å². The predicted octanol–water partition coefficient (Wildman–Crippen LogP) is -2.71. The van der Waals surface area contributed by atoms with Crippen LogP contribution in [0.2, 0.25) is 0 Å². The van der Waals surface area contributed by atoms with E-state index in [-0.39, 0.29) is 37.7 Å². The molecule has 0 aromatic rings. The molecule has 24 heavy (non-hydrogen) atoms. The number of rotatable bonds is 7. The minimum atomic E-state index is -1.49. The monoisotopic (exact) mass is 346 g/mol. The number of ketones is 2. The van der Waals surface area contributed by atoms with Crippen LogP contribution in [0.25, 0.3) is 0 Å². The normalized spacial score (nSPS) is 13.5. The van der Waals surface area contributed by atoms with Gasteiger partial charge in [0.2, 0.25) is 11.6 Å². The lowest BCUT2D eigenvalue weighted by molar-refractivity contribution is -0.116. The number of allylic oxidation sites excluding steroid dienone is 1. The number of amides is 2. The molecule has 134 valence electrons. The number of aliphatic hydroxyl groups is 2. The summed E-state index contributed by atoms with van der Waals surface area (Å²) in [5.74, 6) is -1.33. The van der Waals surface area contributed by atoms with Crippen LogP contribution in [0.5, 0.6) is 0 Å². The van der Waals surface area contributed by atoms with Crippen LogP contribution in [0.3, 0.4) is 0 Å². The molecule has 0 bridgehead atoms. The van der Waals surface area contributed by atoms with E-state index in [4.69, 9.17) is 25.2 Å². The number of nitrogens with two attached hydrogens (primary N) is 1. The number of hydrogen-bond acceptors (Lipinski definition) is 8. The van der Waals surface area contributed by atoms with Crippen LogP contribution in [-0.4, -0.2) is 70.5 Å². The maximum Gasteiger partial charge on any atom is 0.409 e. The molecule has 12 nitrogen and oxygen atoms in total. The Morgan fingerprint density at radius 3 is 1.96 bits per heavy atom. The van der Waals surface area contributed by atoms with Crippen molar-refractivity contribution in [3.8, 4) is 0 Å². The highest BCUT2D eigenvalue weighted by atomic mass is 16.4. The number of carbonyl (C=O) groups is 4. The highest BCUT2D eigenvalue weighted by Gasteiger charge is 2.29. The zero-order valence-corrected chi connectivity index (χ0v) is 12.4. The van der Waals surface area contributed by atoms with Crippen LogP contribution < -0.4 is 21.7 Å². The lowest BCUT2D eigenvalue weighted by atomic mass is 10.0. The van der Waals surface area contributed by atoms with E-state index in [1.165, 1.54) is 0 Å². The number of Topliss-reactive ketones (excluding diaryl/α,β-unsaturated/α-hetero) is 1. The van der Waals surface area contributed by atoms with Gasteiger partial charge in [-0.05, 0) is 0 Å². The second-order valence-electron chi connectivity index (χ2n) is 4.07. The van der Waals surface area contributed by atoms with Gasteiger partial charge in [-0.25, -0.2) is 9.59 Å². The van der Waals surface area contributed by atoms with E-state index < -0.39 is 29.5 Å². The fourth-order valence-corrected chi connectivity index (χ4v) is 1.54. The largest absolute Gasteiger partial charge is 0.465 e. The van der Waals surface area contributed by atoms with Crippen molar-refractivity contribution in [2.24, 2.45) is 5.73 Å². The van der Waals surface area contributed by atoms with Crippen molar-refractivity contribution in [2.75, 3.05) is 26.3 Å². The van der Waals surface area contributed by atoms with Gasteiger partial charge in [0.25, 0.3) is 0 Å². The van der Waals surface area contributed by atoms with Gasteiger partial charge in [-0.1, -0.05) is 0 Å². The maximum absolute atomic E-state index is 12.0. The van der Waals surface area contributed by atoms with Gasteiger partial charge < -0.3 is 36.8 Å². The van der Waals surface area contributed by atoms with Crippen molar-refractivity contribution in [2.45, 2.75) is 0 Å². The molecular weight excluding hydrogens is 328 g/mol. The molecule has 0 unspecified atom stereocenters. The molecule has 0 aromatic heterocycles. The first-order chi connectivity index (χ1) is 11.2. The Hall–Kier alpha value is -3.12. The third kappa shape index (κ3) is 7.24. The van der Waals surface area contributed by atoms with Crippen molar-refractivity contribution in [1.82, 2.24) is 16.0 Å². The number of aliphatic hydroxyl groups excluding tert-OH is 2. The summed E-state index contributed by atoms with van der Waals surface area (Å²) in [6.45, 7) is -0.499. The summed E-state index contributed by atoms with van der Waals surface area (Å²) in [5, 5.41) is 40.2. The number of nitrogens with one attached hydrogen (secondary N) is 3. The smallest absolute Gasteiger partial charge is 0.409 e. The SMILES string of the molecule is NC(=O)O.O=C(O)NC1=C(NCCO)C(=O)C=C(NCCO)C1=O. The highest BCUT2D eigenvalue weighted by molar-refractivity contribution is 6.22. The zero-order valence-electron chi connectivity index (χ0n) is 12.4. The lowest BCUT2D eigenvalue weighted by Gasteiger charge is -2.20. The molecular formula is C12H18N4O8. The van der Waals surface area contributed by atoms with Crippen molar-refractivity contribution in [3.05, 3.63) is 23.2 Å². The molecule has 1 aliphatic rings. The summed E-state index contributed by atoms with van der Waals surface area (Å²) in [6, 6.07) is 0. The number of primary amides is 1. The van der Waals surface area contributed by atoms with Gasteiger partial charge in [-0.2, -0.15) is 0 Å². The van der Waals surface area contributed by atoms with Crippen LogP contribution in [0, 0.1) is 0 Å². The molecule has 0 fully saturated rings. The summed E-state index contributed by atoms with van der Waals surface area (Å²) < 4.78 is 0. The van der Waals surface area contributed by atoms with E-state index >= 15 is 0 Å². The third-order valence-corrected chi connectivity index (χ3v) is 2.32. The van der Waals surface area contributed by atoms with Crippen molar-refractivity contribution < 1.29 is 39.6 Å². The number of carbonyl (C=O) groups excluding carboxylic acids is 2. The van der Waals surface area contributed by atoms with Gasteiger partial charge in [-0.15, -0.1) is 0 Å². The molecule has 0 aliphatic heterocycles. The maximum atomic E-state index is 12.0. The highest BCUT2D eigenvalue weighted by Crippen LogP contribution is 2.14. The van der Waals surface area contributed by atoms with Crippen molar-refractivity contribution >= 4 is 23.8 Å². The Morgan fingerprint density at radius 1 is 1.00 bits per heavy atom. The first kappa shape index (κ1) is 20.9. The molecule has 1 aliphatic carbocycles. The Labute approximate surface area is 135 Å². The Bertz CT molecular complexity index is 565. The number of hydrogen-bond donors (Lipinski definition) is 8. The van der Waals surface area contributed by atoms with Gasteiger partial charge in [0.05, 0.1) is 18.9 Å². The van der Waals surface area contributed by atoms with Crippen LogP contribution in [0.4, 0.5) is 9.59 Å². The summed E-state index contributed by atoms with van der Waals surface area (Å²) in [4.78, 5) is 43.4. The Morgan fingerprint density at radius 2 is 1.50 bits per heavy atom. The Kier molecular flexibility index (Phi) is 9.20. The minimum Gasteiger partial charge on any atom is -0.465 e. The second-order valence-corrected chi connectivity index (χ2v) is 4.07. The summed E-state index contributed by atoms with van der Waals surface area (Å²) in [5.41, 5.74) is 3.28. The number of carboxylic acid groups (broad SMARTS) is 2.